The predicted octanol–water partition coefficient (Wildman–Crippen LogP) is 14.5. The molecule has 0 saturated carbocycles. The van der Waals surface area contributed by atoms with Crippen LogP contribution in [0.4, 0.5) is 0 Å². The van der Waals surface area contributed by atoms with E-state index in [2.05, 4.69) is 212 Å². The average Bonchev–Trinajstić information content (AvgIpc) is 3.80. The highest BCUT2D eigenvalue weighted by Gasteiger charge is 2.46. The van der Waals surface area contributed by atoms with Gasteiger partial charge in [0.05, 0.1) is 16.8 Å². The second-order valence-electron chi connectivity index (χ2n) is 14.6. The fourth-order valence-electron chi connectivity index (χ4n) is 9.05. The molecule has 0 unspecified atom stereocenters. The van der Waals surface area contributed by atoms with Crippen molar-refractivity contribution in [1.82, 2.24) is 4.98 Å². The summed E-state index contributed by atoms with van der Waals surface area (Å²) < 4.78 is 2.59. The van der Waals surface area contributed by atoms with Gasteiger partial charge in [0.1, 0.15) is 0 Å². The molecule has 0 bridgehead atoms. The van der Waals surface area contributed by atoms with E-state index in [9.17, 15) is 0 Å². The van der Waals surface area contributed by atoms with Crippen molar-refractivity contribution in [2.75, 3.05) is 0 Å². The van der Waals surface area contributed by atoms with Gasteiger partial charge in [0.25, 0.3) is 0 Å². The number of nitrogens with zero attached hydrogens (tertiary/aromatic N) is 1. The lowest BCUT2D eigenvalue weighted by Crippen LogP contribution is -2.28. The van der Waals surface area contributed by atoms with E-state index in [1.807, 2.05) is 11.3 Å². The normalized spacial score (nSPS) is 12.8. The molecule has 2 heteroatoms. The zero-order chi connectivity index (χ0) is 37.1. The molecule has 1 nitrogen and oxygen atoms in total. The molecule has 0 aliphatic heterocycles. The third kappa shape index (κ3) is 5.11. The highest BCUT2D eigenvalue weighted by molar-refractivity contribution is 7.25. The molecule has 11 rings (SSSR count). The number of hydrogen-bond acceptors (Lipinski definition) is 2. The summed E-state index contributed by atoms with van der Waals surface area (Å²) in [5, 5.41) is 2.60. The van der Waals surface area contributed by atoms with Crippen LogP contribution in [0, 0.1) is 0 Å². The second-order valence-corrected chi connectivity index (χ2v) is 15.7. The van der Waals surface area contributed by atoms with Gasteiger partial charge in [0, 0.05) is 31.3 Å². The minimum absolute atomic E-state index is 0.516. The molecule has 0 fully saturated rings. The minimum atomic E-state index is -0.516. The molecule has 0 saturated heterocycles. The molecule has 0 spiro atoms. The van der Waals surface area contributed by atoms with E-state index in [0.29, 0.717) is 0 Å². The molecule has 10 aromatic rings. The molecule has 1 aliphatic carbocycles. The first-order valence-corrected chi connectivity index (χ1v) is 20.0. The Labute approximate surface area is 330 Å². The van der Waals surface area contributed by atoms with Gasteiger partial charge in [-0.1, -0.05) is 176 Å². The number of benzene rings is 8. The number of pyridine rings is 1. The number of thiophene rings is 1. The van der Waals surface area contributed by atoms with E-state index < -0.39 is 5.41 Å². The van der Waals surface area contributed by atoms with Gasteiger partial charge >= 0.3 is 0 Å². The fourth-order valence-corrected chi connectivity index (χ4v) is 10.2. The first-order chi connectivity index (χ1) is 27.8. The van der Waals surface area contributed by atoms with E-state index in [0.717, 1.165) is 28.1 Å². The quantitative estimate of drug-likeness (QED) is 0.166. The van der Waals surface area contributed by atoms with Gasteiger partial charge in [0.15, 0.2) is 0 Å². The smallest absolute Gasteiger partial charge is 0.0722 e. The first-order valence-electron chi connectivity index (χ1n) is 19.2. The molecule has 8 aromatic carbocycles. The lowest BCUT2D eigenvalue weighted by molar-refractivity contribution is 0.769. The zero-order valence-electron chi connectivity index (χ0n) is 30.6. The lowest BCUT2D eigenvalue weighted by atomic mass is 9.67. The molecule has 2 aromatic heterocycles. The van der Waals surface area contributed by atoms with Crippen LogP contribution in [0.1, 0.15) is 22.3 Å². The minimum Gasteiger partial charge on any atom is -0.248 e. The summed E-state index contributed by atoms with van der Waals surface area (Å²) in [6.07, 6.45) is 0. The number of fused-ring (bicyclic) bond motifs is 6. The maximum absolute atomic E-state index is 5.52. The third-order valence-electron chi connectivity index (χ3n) is 11.6. The summed E-state index contributed by atoms with van der Waals surface area (Å²) in [5.74, 6) is 0. The molecule has 56 heavy (non-hydrogen) atoms. The van der Waals surface area contributed by atoms with Crippen LogP contribution in [-0.2, 0) is 5.41 Å². The zero-order valence-corrected chi connectivity index (χ0v) is 31.4. The largest absolute Gasteiger partial charge is 0.248 e. The van der Waals surface area contributed by atoms with Gasteiger partial charge in [-0.25, -0.2) is 4.98 Å². The number of rotatable bonds is 6. The molecule has 262 valence electrons. The maximum Gasteiger partial charge on any atom is 0.0722 e. The van der Waals surface area contributed by atoms with Crippen LogP contribution in [0.2, 0.25) is 0 Å². The van der Waals surface area contributed by atoms with Crippen LogP contribution in [0.15, 0.2) is 212 Å². The van der Waals surface area contributed by atoms with Crippen molar-refractivity contribution in [3.8, 4) is 55.9 Å². The van der Waals surface area contributed by atoms with Gasteiger partial charge < -0.3 is 0 Å². The van der Waals surface area contributed by atoms with Gasteiger partial charge in [-0.15, -0.1) is 11.3 Å². The SMILES string of the molecule is c1ccc(-c2cc(-c3ccccc3)nc(-c3cc4c(cc3-c3ccc5c(c3)sc3ccccc35)C(c3ccccc3)(c3ccccc3)c3ccccc3-4)c2)cc1. The summed E-state index contributed by atoms with van der Waals surface area (Å²) in [6.45, 7) is 0. The summed E-state index contributed by atoms with van der Waals surface area (Å²) in [7, 11) is 0. The molecular weight excluding hydrogens is 695 g/mol. The first kappa shape index (κ1) is 32.6. The summed E-state index contributed by atoms with van der Waals surface area (Å²) in [6, 6.07) is 77.7. The Kier molecular flexibility index (Phi) is 7.65. The van der Waals surface area contributed by atoms with Crippen LogP contribution in [0.5, 0.6) is 0 Å². The Morgan fingerprint density at radius 2 is 0.911 bits per heavy atom. The molecular formula is C54H35NS. The topological polar surface area (TPSA) is 12.9 Å². The van der Waals surface area contributed by atoms with E-state index in [-0.39, 0.29) is 0 Å². The van der Waals surface area contributed by atoms with E-state index in [1.54, 1.807) is 0 Å². The average molecular weight is 730 g/mol. The highest BCUT2D eigenvalue weighted by Crippen LogP contribution is 2.58. The van der Waals surface area contributed by atoms with Gasteiger partial charge in [-0.2, -0.15) is 0 Å². The lowest BCUT2D eigenvalue weighted by Gasteiger charge is -2.34. The van der Waals surface area contributed by atoms with Crippen LogP contribution in [-0.4, -0.2) is 4.98 Å². The van der Waals surface area contributed by atoms with Crippen LogP contribution < -0.4 is 0 Å². The van der Waals surface area contributed by atoms with E-state index >= 15 is 0 Å². The van der Waals surface area contributed by atoms with Crippen LogP contribution in [0.3, 0.4) is 0 Å². The van der Waals surface area contributed by atoms with E-state index in [1.165, 1.54) is 70.2 Å². The van der Waals surface area contributed by atoms with Crippen molar-refractivity contribution in [2.45, 2.75) is 5.41 Å². The van der Waals surface area contributed by atoms with E-state index in [4.69, 9.17) is 4.98 Å². The molecule has 2 heterocycles. The Balaban J connectivity index is 1.26. The van der Waals surface area contributed by atoms with Crippen molar-refractivity contribution < 1.29 is 0 Å². The van der Waals surface area contributed by atoms with Crippen molar-refractivity contribution in [3.05, 3.63) is 235 Å². The molecule has 1 aliphatic rings. The number of aromatic nitrogens is 1. The Morgan fingerprint density at radius 3 is 1.64 bits per heavy atom. The Hall–Kier alpha value is -6.87. The Morgan fingerprint density at radius 1 is 0.321 bits per heavy atom. The van der Waals surface area contributed by atoms with Crippen LogP contribution in [0.25, 0.3) is 76.1 Å². The van der Waals surface area contributed by atoms with Gasteiger partial charge in [-0.3, -0.25) is 0 Å². The summed E-state index contributed by atoms with van der Waals surface area (Å²) in [4.78, 5) is 5.52. The predicted molar refractivity (Wildman–Crippen MR) is 236 cm³/mol. The summed E-state index contributed by atoms with van der Waals surface area (Å²) >= 11 is 1.86. The molecule has 0 radical (unpaired) electrons. The third-order valence-corrected chi connectivity index (χ3v) is 12.7. The van der Waals surface area contributed by atoms with Crippen molar-refractivity contribution in [3.63, 3.8) is 0 Å². The number of hydrogen-bond donors (Lipinski definition) is 0. The van der Waals surface area contributed by atoms with Crippen molar-refractivity contribution >= 4 is 31.5 Å². The maximum atomic E-state index is 5.52. The summed E-state index contributed by atoms with van der Waals surface area (Å²) in [5.41, 5.74) is 15.9. The molecule has 0 N–H and O–H groups in total. The van der Waals surface area contributed by atoms with Gasteiger partial charge in [0.2, 0.25) is 0 Å². The van der Waals surface area contributed by atoms with Crippen molar-refractivity contribution in [2.24, 2.45) is 0 Å². The van der Waals surface area contributed by atoms with Crippen molar-refractivity contribution in [1.29, 1.82) is 0 Å². The monoisotopic (exact) mass is 729 g/mol. The fraction of sp³-hybridized carbons (Fsp3) is 0.0185. The second kappa shape index (κ2) is 13.2. The van der Waals surface area contributed by atoms with Gasteiger partial charge in [-0.05, 0) is 92.0 Å². The molecule has 0 amide bonds. The standard InChI is InChI=1S/C54H35NS/c1-5-17-36(18-6-1)39-31-50(37-19-7-2-8-20-37)55-51(32-39)47-34-46-42-25-13-15-27-48(42)54(40-21-9-3-10-22-40,41-23-11-4-12-24-41)49(46)35-45(47)38-29-30-44-43-26-14-16-28-52(43)56-53(44)33-38/h1-35H. The Bertz CT molecular complexity index is 2960. The molecule has 0 atom stereocenters. The van der Waals surface area contributed by atoms with Crippen LogP contribution >= 0.6 is 11.3 Å². The highest BCUT2D eigenvalue weighted by atomic mass is 32.1.